The molecular formula is C22H21FN4O2S. The summed E-state index contributed by atoms with van der Waals surface area (Å²) in [6, 6.07) is 13.5. The highest BCUT2D eigenvalue weighted by molar-refractivity contribution is 7.13. The molecule has 0 aliphatic carbocycles. The van der Waals surface area contributed by atoms with E-state index in [2.05, 4.69) is 9.88 Å². The van der Waals surface area contributed by atoms with E-state index >= 15 is 0 Å². The van der Waals surface area contributed by atoms with Crippen LogP contribution in [-0.4, -0.2) is 47.9 Å². The quantitative estimate of drug-likeness (QED) is 0.683. The van der Waals surface area contributed by atoms with E-state index in [1.807, 2.05) is 28.5 Å². The molecule has 1 saturated heterocycles. The number of anilines is 1. The first-order valence-corrected chi connectivity index (χ1v) is 10.5. The summed E-state index contributed by atoms with van der Waals surface area (Å²) in [5.41, 5.74) is 8.19. The van der Waals surface area contributed by atoms with E-state index in [-0.39, 0.29) is 18.1 Å². The van der Waals surface area contributed by atoms with Gasteiger partial charge in [0.2, 0.25) is 11.8 Å². The zero-order valence-corrected chi connectivity index (χ0v) is 17.1. The van der Waals surface area contributed by atoms with Crippen LogP contribution in [0.5, 0.6) is 0 Å². The van der Waals surface area contributed by atoms with Crippen LogP contribution in [-0.2, 0) is 11.2 Å². The SMILES string of the molecule is NC(=O)c1ccc(N2CCN(C(=O)Cc3csc(-c4cccc(F)c4)n3)CC2)cc1. The van der Waals surface area contributed by atoms with Gasteiger partial charge in [-0.15, -0.1) is 11.3 Å². The molecule has 0 saturated carbocycles. The lowest BCUT2D eigenvalue weighted by Crippen LogP contribution is -2.49. The molecule has 0 spiro atoms. The fraction of sp³-hybridized carbons (Fsp3) is 0.227. The molecular weight excluding hydrogens is 403 g/mol. The van der Waals surface area contributed by atoms with Crippen LogP contribution in [0.1, 0.15) is 16.1 Å². The lowest BCUT2D eigenvalue weighted by atomic mass is 10.1. The monoisotopic (exact) mass is 424 g/mol. The number of piperazine rings is 1. The summed E-state index contributed by atoms with van der Waals surface area (Å²) in [4.78, 5) is 32.4. The molecule has 154 valence electrons. The maximum atomic E-state index is 13.4. The minimum atomic E-state index is -0.445. The largest absolute Gasteiger partial charge is 0.368 e. The Kier molecular flexibility index (Phi) is 5.76. The smallest absolute Gasteiger partial charge is 0.248 e. The molecule has 3 aromatic rings. The third kappa shape index (κ3) is 4.49. The number of carbonyl (C=O) groups excluding carboxylic acids is 2. The molecule has 0 unspecified atom stereocenters. The highest BCUT2D eigenvalue weighted by atomic mass is 32.1. The Hall–Kier alpha value is -3.26. The number of aromatic nitrogens is 1. The summed E-state index contributed by atoms with van der Waals surface area (Å²) < 4.78 is 13.4. The molecule has 2 amide bonds. The fourth-order valence-corrected chi connectivity index (χ4v) is 4.28. The van der Waals surface area contributed by atoms with Crippen LogP contribution in [0.4, 0.5) is 10.1 Å². The van der Waals surface area contributed by atoms with Gasteiger partial charge in [0.15, 0.2) is 0 Å². The number of amides is 2. The zero-order valence-electron chi connectivity index (χ0n) is 16.3. The standard InChI is InChI=1S/C22H21FN4O2S/c23-17-3-1-2-16(12-17)22-25-18(14-30-22)13-20(28)27-10-8-26(9-11-27)19-6-4-15(5-7-19)21(24)29/h1-7,12,14H,8-11,13H2,(H2,24,29). The molecule has 2 N–H and O–H groups in total. The first-order chi connectivity index (χ1) is 14.5. The van der Waals surface area contributed by atoms with E-state index in [0.717, 1.165) is 11.3 Å². The van der Waals surface area contributed by atoms with E-state index in [9.17, 15) is 14.0 Å². The van der Waals surface area contributed by atoms with Gasteiger partial charge >= 0.3 is 0 Å². The molecule has 2 aromatic carbocycles. The van der Waals surface area contributed by atoms with Gasteiger partial charge in [0.05, 0.1) is 12.1 Å². The Morgan fingerprint density at radius 3 is 2.47 bits per heavy atom. The van der Waals surface area contributed by atoms with Crippen LogP contribution in [0.25, 0.3) is 10.6 Å². The van der Waals surface area contributed by atoms with E-state index < -0.39 is 5.91 Å². The normalized spacial score (nSPS) is 14.0. The maximum absolute atomic E-state index is 13.4. The van der Waals surface area contributed by atoms with E-state index in [4.69, 9.17) is 5.73 Å². The number of rotatable bonds is 5. The molecule has 0 radical (unpaired) electrons. The van der Waals surface area contributed by atoms with E-state index in [1.54, 1.807) is 18.2 Å². The Labute approximate surface area is 177 Å². The third-order valence-corrected chi connectivity index (χ3v) is 6.05. The summed E-state index contributed by atoms with van der Waals surface area (Å²) in [6.07, 6.45) is 0.235. The van der Waals surface area contributed by atoms with Crippen molar-refractivity contribution in [3.05, 3.63) is 71.0 Å². The predicted octanol–water partition coefficient (Wildman–Crippen LogP) is 2.94. The highest BCUT2D eigenvalue weighted by Crippen LogP contribution is 2.25. The Balaban J connectivity index is 1.33. The molecule has 6 nitrogen and oxygen atoms in total. The summed E-state index contributed by atoms with van der Waals surface area (Å²) in [5.74, 6) is -0.711. The number of thiazole rings is 1. The van der Waals surface area contributed by atoms with Crippen LogP contribution < -0.4 is 10.6 Å². The second-order valence-corrected chi connectivity index (χ2v) is 7.97. The number of hydrogen-bond donors (Lipinski definition) is 1. The van der Waals surface area contributed by atoms with Crippen LogP contribution in [0.15, 0.2) is 53.9 Å². The first kappa shape index (κ1) is 20.0. The van der Waals surface area contributed by atoms with Gasteiger partial charge in [0.25, 0.3) is 0 Å². The third-order valence-electron chi connectivity index (χ3n) is 5.11. The predicted molar refractivity (Wildman–Crippen MR) is 115 cm³/mol. The number of nitrogens with zero attached hydrogens (tertiary/aromatic N) is 3. The van der Waals surface area contributed by atoms with Crippen molar-refractivity contribution in [3.63, 3.8) is 0 Å². The molecule has 30 heavy (non-hydrogen) atoms. The topological polar surface area (TPSA) is 79.5 Å². The van der Waals surface area contributed by atoms with Gasteiger partial charge in [0.1, 0.15) is 10.8 Å². The summed E-state index contributed by atoms with van der Waals surface area (Å²) in [6.45, 7) is 2.68. The summed E-state index contributed by atoms with van der Waals surface area (Å²) >= 11 is 1.41. The van der Waals surface area contributed by atoms with Crippen LogP contribution in [0, 0.1) is 5.82 Å². The van der Waals surface area contributed by atoms with Crippen molar-refractivity contribution in [3.8, 4) is 10.6 Å². The molecule has 4 rings (SSSR count). The van der Waals surface area contributed by atoms with Crippen molar-refractivity contribution < 1.29 is 14.0 Å². The Morgan fingerprint density at radius 1 is 1.07 bits per heavy atom. The molecule has 2 heterocycles. The summed E-state index contributed by atoms with van der Waals surface area (Å²) in [5, 5.41) is 2.57. The van der Waals surface area contributed by atoms with Crippen molar-refractivity contribution in [2.24, 2.45) is 5.73 Å². The van der Waals surface area contributed by atoms with Gasteiger partial charge in [-0.3, -0.25) is 9.59 Å². The van der Waals surface area contributed by atoms with Crippen molar-refractivity contribution in [1.29, 1.82) is 0 Å². The molecule has 1 aromatic heterocycles. The number of halogens is 1. The molecule has 0 atom stereocenters. The average molecular weight is 425 g/mol. The van der Waals surface area contributed by atoms with Crippen LogP contribution in [0.3, 0.4) is 0 Å². The van der Waals surface area contributed by atoms with Gasteiger partial charge < -0.3 is 15.5 Å². The van der Waals surface area contributed by atoms with Crippen LogP contribution in [0.2, 0.25) is 0 Å². The number of carbonyl (C=O) groups is 2. The highest BCUT2D eigenvalue weighted by Gasteiger charge is 2.22. The van der Waals surface area contributed by atoms with Gasteiger partial charge in [-0.05, 0) is 36.4 Å². The fourth-order valence-electron chi connectivity index (χ4n) is 3.46. The van der Waals surface area contributed by atoms with Gasteiger partial charge in [-0.25, -0.2) is 9.37 Å². The molecule has 1 fully saturated rings. The molecule has 1 aliphatic rings. The Bertz CT molecular complexity index is 1060. The maximum Gasteiger partial charge on any atom is 0.248 e. The van der Waals surface area contributed by atoms with Gasteiger partial charge in [-0.1, -0.05) is 12.1 Å². The first-order valence-electron chi connectivity index (χ1n) is 9.62. The van der Waals surface area contributed by atoms with Crippen molar-refractivity contribution in [1.82, 2.24) is 9.88 Å². The molecule has 0 bridgehead atoms. The molecule has 1 aliphatic heterocycles. The minimum absolute atomic E-state index is 0.0369. The number of primary amides is 1. The van der Waals surface area contributed by atoms with Gasteiger partial charge in [-0.2, -0.15) is 0 Å². The zero-order chi connectivity index (χ0) is 21.1. The number of benzene rings is 2. The van der Waals surface area contributed by atoms with Crippen molar-refractivity contribution >= 4 is 28.8 Å². The second-order valence-electron chi connectivity index (χ2n) is 7.11. The van der Waals surface area contributed by atoms with Crippen LogP contribution >= 0.6 is 11.3 Å². The van der Waals surface area contributed by atoms with Crippen molar-refractivity contribution in [2.75, 3.05) is 31.1 Å². The summed E-state index contributed by atoms with van der Waals surface area (Å²) in [7, 11) is 0. The lowest BCUT2D eigenvalue weighted by molar-refractivity contribution is -0.130. The minimum Gasteiger partial charge on any atom is -0.368 e. The number of nitrogens with two attached hydrogens (primary N) is 1. The lowest BCUT2D eigenvalue weighted by Gasteiger charge is -2.36. The van der Waals surface area contributed by atoms with E-state index in [0.29, 0.717) is 42.4 Å². The van der Waals surface area contributed by atoms with E-state index in [1.165, 1.54) is 23.5 Å². The number of hydrogen-bond acceptors (Lipinski definition) is 5. The second kappa shape index (κ2) is 8.62. The molecule has 8 heteroatoms. The van der Waals surface area contributed by atoms with Crippen molar-refractivity contribution in [2.45, 2.75) is 6.42 Å². The Morgan fingerprint density at radius 2 is 1.80 bits per heavy atom. The average Bonchev–Trinajstić information content (AvgIpc) is 3.22. The van der Waals surface area contributed by atoms with Gasteiger partial charge in [0, 0.05) is 48.4 Å².